The second-order valence-electron chi connectivity index (χ2n) is 7.18. The molecule has 1 saturated heterocycles. The lowest BCUT2D eigenvalue weighted by molar-refractivity contribution is -0.141. The average Bonchev–Trinajstić information content (AvgIpc) is 3.11. The summed E-state index contributed by atoms with van der Waals surface area (Å²) < 4.78 is 41.5. The Hall–Kier alpha value is -2.56. The number of nitriles is 1. The lowest BCUT2D eigenvalue weighted by Gasteiger charge is -2.34. The van der Waals surface area contributed by atoms with Crippen molar-refractivity contribution >= 4 is 5.82 Å². The normalized spacial score (nSPS) is 20.2. The van der Waals surface area contributed by atoms with Crippen molar-refractivity contribution in [3.8, 4) is 6.07 Å². The number of aryl methyl sites for hydroxylation is 1. The maximum atomic E-state index is 13.1. The van der Waals surface area contributed by atoms with Crippen LogP contribution in [0.25, 0.3) is 0 Å². The average molecular weight is 375 g/mol. The predicted molar refractivity (Wildman–Crippen MR) is 93.3 cm³/mol. The summed E-state index contributed by atoms with van der Waals surface area (Å²) in [6.07, 6.45) is 2.49. The van der Waals surface area contributed by atoms with Gasteiger partial charge in [-0.2, -0.15) is 18.4 Å². The summed E-state index contributed by atoms with van der Waals surface area (Å²) in [5.74, 6) is 1.27. The van der Waals surface area contributed by atoms with Gasteiger partial charge in [-0.3, -0.25) is 0 Å². The largest absolute Gasteiger partial charge is 0.433 e. The molecule has 2 aliphatic rings. The molecule has 4 heterocycles. The van der Waals surface area contributed by atoms with E-state index in [1.165, 1.54) is 18.2 Å². The van der Waals surface area contributed by atoms with E-state index in [1.54, 1.807) is 0 Å². The van der Waals surface area contributed by atoms with Crippen molar-refractivity contribution in [2.75, 3.05) is 18.0 Å². The van der Waals surface area contributed by atoms with Gasteiger partial charge in [0.25, 0.3) is 0 Å². The van der Waals surface area contributed by atoms with Crippen LogP contribution >= 0.6 is 0 Å². The fraction of sp³-hybridized carbons (Fsp3) is 0.526. The number of rotatable bonds is 2. The van der Waals surface area contributed by atoms with E-state index in [1.807, 2.05) is 17.2 Å². The van der Waals surface area contributed by atoms with Gasteiger partial charge in [-0.15, -0.1) is 0 Å². The minimum Gasteiger partial charge on any atom is -0.355 e. The molecular weight excluding hydrogens is 355 g/mol. The molecule has 0 spiro atoms. The van der Waals surface area contributed by atoms with Crippen molar-refractivity contribution in [2.45, 2.75) is 50.7 Å². The van der Waals surface area contributed by atoms with E-state index in [4.69, 9.17) is 0 Å². The van der Waals surface area contributed by atoms with E-state index in [2.05, 4.69) is 14.5 Å². The number of hydrogen-bond donors (Lipinski definition) is 0. The van der Waals surface area contributed by atoms with E-state index in [0.29, 0.717) is 13.1 Å². The molecule has 8 heteroatoms. The second kappa shape index (κ2) is 6.87. The van der Waals surface area contributed by atoms with E-state index in [-0.39, 0.29) is 17.3 Å². The van der Waals surface area contributed by atoms with Crippen LogP contribution < -0.4 is 4.90 Å². The molecule has 0 radical (unpaired) electrons. The van der Waals surface area contributed by atoms with Gasteiger partial charge in [0, 0.05) is 37.4 Å². The van der Waals surface area contributed by atoms with Crippen LogP contribution in [0.4, 0.5) is 19.0 Å². The monoisotopic (exact) mass is 375 g/mol. The second-order valence-corrected chi connectivity index (χ2v) is 7.18. The maximum Gasteiger partial charge on any atom is 0.433 e. The van der Waals surface area contributed by atoms with Gasteiger partial charge in [0.15, 0.2) is 0 Å². The third-order valence-corrected chi connectivity index (χ3v) is 5.41. The Bertz CT molecular complexity index is 880. The van der Waals surface area contributed by atoms with Crippen molar-refractivity contribution in [2.24, 2.45) is 0 Å². The molecule has 5 nitrogen and oxygen atoms in total. The first kappa shape index (κ1) is 17.8. The molecule has 1 atom stereocenters. The molecule has 0 saturated carbocycles. The fourth-order valence-corrected chi connectivity index (χ4v) is 4.10. The molecule has 0 aliphatic carbocycles. The van der Waals surface area contributed by atoms with Crippen LogP contribution in [-0.4, -0.2) is 27.6 Å². The van der Waals surface area contributed by atoms with Crippen molar-refractivity contribution in [3.05, 3.63) is 41.1 Å². The third kappa shape index (κ3) is 3.38. The van der Waals surface area contributed by atoms with Crippen molar-refractivity contribution < 1.29 is 13.2 Å². The molecule has 142 valence electrons. The Labute approximate surface area is 155 Å². The van der Waals surface area contributed by atoms with Gasteiger partial charge < -0.3 is 9.47 Å². The van der Waals surface area contributed by atoms with Crippen molar-refractivity contribution in [1.82, 2.24) is 14.5 Å². The number of imidazole rings is 1. The van der Waals surface area contributed by atoms with Gasteiger partial charge in [-0.05, 0) is 44.2 Å². The Balaban J connectivity index is 1.64. The summed E-state index contributed by atoms with van der Waals surface area (Å²) in [6, 6.07) is 4.06. The van der Waals surface area contributed by atoms with Crippen LogP contribution in [0.1, 0.15) is 54.4 Å². The van der Waals surface area contributed by atoms with Crippen LogP contribution in [0.15, 0.2) is 18.3 Å². The van der Waals surface area contributed by atoms with E-state index in [9.17, 15) is 18.4 Å². The van der Waals surface area contributed by atoms with Crippen LogP contribution in [0.3, 0.4) is 0 Å². The van der Waals surface area contributed by atoms with Gasteiger partial charge in [0.2, 0.25) is 0 Å². The smallest absolute Gasteiger partial charge is 0.355 e. The van der Waals surface area contributed by atoms with Crippen LogP contribution in [-0.2, 0) is 19.1 Å². The highest BCUT2D eigenvalue weighted by atomic mass is 19.4. The molecule has 0 aromatic carbocycles. The van der Waals surface area contributed by atoms with Crippen LogP contribution in [0.2, 0.25) is 0 Å². The number of nitrogens with zero attached hydrogens (tertiary/aromatic N) is 5. The number of alkyl halides is 3. The molecule has 0 bridgehead atoms. The third-order valence-electron chi connectivity index (χ3n) is 5.41. The summed E-state index contributed by atoms with van der Waals surface area (Å²) in [7, 11) is 0. The molecule has 1 fully saturated rings. The zero-order valence-electron chi connectivity index (χ0n) is 14.8. The topological polar surface area (TPSA) is 57.7 Å². The van der Waals surface area contributed by atoms with Crippen molar-refractivity contribution in [1.29, 1.82) is 5.26 Å². The number of piperidine rings is 1. The first-order valence-corrected chi connectivity index (χ1v) is 9.25. The Morgan fingerprint density at radius 1 is 1.15 bits per heavy atom. The zero-order valence-corrected chi connectivity index (χ0v) is 14.8. The lowest BCUT2D eigenvalue weighted by Crippen LogP contribution is -2.37. The molecule has 27 heavy (non-hydrogen) atoms. The molecule has 2 aliphatic heterocycles. The number of aromatic nitrogens is 3. The van der Waals surface area contributed by atoms with Gasteiger partial charge in [0.1, 0.15) is 23.4 Å². The SMILES string of the molecule is N#Cc1ccc(C(F)(F)F)nc1N1CCCC(c2ncc3n2CCCC3)C1. The zero-order chi connectivity index (χ0) is 19.0. The highest BCUT2D eigenvalue weighted by Crippen LogP contribution is 2.34. The number of halogens is 3. The standard InChI is InChI=1S/C19H20F3N5/c20-19(21,22)16-7-6-13(10-23)18(25-16)26-8-3-4-14(12-26)17-24-11-15-5-1-2-9-27(15)17/h6-7,11,14H,1-5,8-9,12H2. The van der Waals surface area contributed by atoms with Gasteiger partial charge in [-0.25, -0.2) is 9.97 Å². The van der Waals surface area contributed by atoms with Crippen LogP contribution in [0, 0.1) is 11.3 Å². The summed E-state index contributed by atoms with van der Waals surface area (Å²) in [6.45, 7) is 2.07. The molecule has 4 rings (SSSR count). The van der Waals surface area contributed by atoms with Gasteiger partial charge in [0.05, 0.1) is 5.56 Å². The summed E-state index contributed by atoms with van der Waals surface area (Å²) >= 11 is 0. The van der Waals surface area contributed by atoms with E-state index >= 15 is 0 Å². The van der Waals surface area contributed by atoms with Gasteiger partial charge >= 0.3 is 6.18 Å². The minimum absolute atomic E-state index is 0.127. The van der Waals surface area contributed by atoms with E-state index in [0.717, 1.165) is 44.1 Å². The highest BCUT2D eigenvalue weighted by Gasteiger charge is 2.35. The summed E-state index contributed by atoms with van der Waals surface area (Å²) in [5, 5.41) is 9.34. The van der Waals surface area contributed by atoms with Gasteiger partial charge in [-0.1, -0.05) is 0 Å². The number of fused-ring (bicyclic) bond motifs is 1. The Kier molecular flexibility index (Phi) is 4.54. The highest BCUT2D eigenvalue weighted by molar-refractivity contribution is 5.55. The lowest BCUT2D eigenvalue weighted by atomic mass is 9.96. The minimum atomic E-state index is -4.53. The first-order chi connectivity index (χ1) is 13.0. The number of pyridine rings is 1. The molecule has 2 aromatic heterocycles. The molecule has 2 aromatic rings. The Morgan fingerprint density at radius 2 is 2.00 bits per heavy atom. The van der Waals surface area contributed by atoms with E-state index < -0.39 is 11.9 Å². The van der Waals surface area contributed by atoms with Crippen LogP contribution in [0.5, 0.6) is 0 Å². The first-order valence-electron chi connectivity index (χ1n) is 9.25. The maximum absolute atomic E-state index is 13.1. The number of anilines is 1. The quantitative estimate of drug-likeness (QED) is 0.799. The summed E-state index contributed by atoms with van der Waals surface area (Å²) in [4.78, 5) is 10.2. The molecule has 0 N–H and O–H groups in total. The molecule has 0 amide bonds. The fourth-order valence-electron chi connectivity index (χ4n) is 4.10. The molecular formula is C19H20F3N5. The predicted octanol–water partition coefficient (Wildman–Crippen LogP) is 3.89. The Morgan fingerprint density at radius 3 is 2.78 bits per heavy atom. The number of hydrogen-bond acceptors (Lipinski definition) is 4. The molecule has 1 unspecified atom stereocenters. The van der Waals surface area contributed by atoms with Crippen molar-refractivity contribution in [3.63, 3.8) is 0 Å². The summed E-state index contributed by atoms with van der Waals surface area (Å²) in [5.41, 5.74) is 0.453.